The highest BCUT2D eigenvalue weighted by Gasteiger charge is 2.19. The molecule has 0 fully saturated rings. The number of hydrogen-bond acceptors (Lipinski definition) is 7. The molecule has 0 saturated heterocycles. The molecule has 0 saturated carbocycles. The van der Waals surface area contributed by atoms with Crippen LogP contribution in [0.5, 0.6) is 5.75 Å². The SMILES string of the molecule is COc1ccc(-c2csc(-n3[nH]c(-c4ccccc4)c(N=Nc4ccc(NC(C)=O)cc4)c3=O)n2)cc1. The Balaban J connectivity index is 1.51. The van der Waals surface area contributed by atoms with Crippen molar-refractivity contribution in [3.05, 3.63) is 94.6 Å². The Kier molecular flexibility index (Phi) is 6.73. The summed E-state index contributed by atoms with van der Waals surface area (Å²) >= 11 is 1.34. The number of H-pyrrole nitrogens is 1. The summed E-state index contributed by atoms with van der Waals surface area (Å²) in [5.74, 6) is 0.596. The summed E-state index contributed by atoms with van der Waals surface area (Å²) in [6.07, 6.45) is 0. The molecule has 184 valence electrons. The van der Waals surface area contributed by atoms with E-state index in [1.807, 2.05) is 60.0 Å². The lowest BCUT2D eigenvalue weighted by atomic mass is 10.1. The first-order valence-electron chi connectivity index (χ1n) is 11.3. The van der Waals surface area contributed by atoms with Crippen molar-refractivity contribution in [1.29, 1.82) is 0 Å². The zero-order valence-electron chi connectivity index (χ0n) is 20.0. The number of carbonyl (C=O) groups excluding carboxylic acids is 1. The summed E-state index contributed by atoms with van der Waals surface area (Å²) in [5, 5.41) is 16.8. The second-order valence-corrected chi connectivity index (χ2v) is 8.85. The molecular formula is C27H22N6O3S. The summed E-state index contributed by atoms with van der Waals surface area (Å²) in [7, 11) is 1.62. The van der Waals surface area contributed by atoms with Crippen LogP contribution in [0, 0.1) is 0 Å². The molecule has 0 aliphatic rings. The van der Waals surface area contributed by atoms with Crippen molar-refractivity contribution in [2.75, 3.05) is 12.4 Å². The van der Waals surface area contributed by atoms with Crippen LogP contribution in [0.4, 0.5) is 17.1 Å². The molecule has 2 heterocycles. The quantitative estimate of drug-likeness (QED) is 0.249. The molecule has 2 N–H and O–H groups in total. The van der Waals surface area contributed by atoms with E-state index in [0.29, 0.717) is 22.2 Å². The standard InChI is InChI=1S/C27H22N6O3S/c1-17(34)28-20-10-12-21(13-11-20)30-31-25-24(19-6-4-3-5-7-19)32-33(26(25)35)27-29-23(16-37-27)18-8-14-22(36-2)15-9-18/h3-16,32H,1-2H3,(H,28,34). The van der Waals surface area contributed by atoms with Gasteiger partial charge in [-0.3, -0.25) is 14.7 Å². The number of aromatic amines is 1. The van der Waals surface area contributed by atoms with E-state index in [9.17, 15) is 9.59 Å². The van der Waals surface area contributed by atoms with E-state index in [1.165, 1.54) is 22.9 Å². The second-order valence-electron chi connectivity index (χ2n) is 8.01. The third kappa shape index (κ3) is 5.24. The molecule has 0 bridgehead atoms. The van der Waals surface area contributed by atoms with Crippen LogP contribution in [-0.4, -0.2) is 27.8 Å². The van der Waals surface area contributed by atoms with E-state index >= 15 is 0 Å². The second kappa shape index (κ2) is 10.4. The molecule has 37 heavy (non-hydrogen) atoms. The van der Waals surface area contributed by atoms with Gasteiger partial charge in [0.25, 0.3) is 0 Å². The van der Waals surface area contributed by atoms with Crippen molar-refractivity contribution < 1.29 is 9.53 Å². The van der Waals surface area contributed by atoms with E-state index in [0.717, 1.165) is 22.6 Å². The van der Waals surface area contributed by atoms with Crippen molar-refractivity contribution in [3.8, 4) is 33.4 Å². The molecule has 2 aromatic heterocycles. The highest BCUT2D eigenvalue weighted by Crippen LogP contribution is 2.30. The van der Waals surface area contributed by atoms with E-state index in [-0.39, 0.29) is 17.2 Å². The van der Waals surface area contributed by atoms with Gasteiger partial charge in [0, 0.05) is 29.1 Å². The highest BCUT2D eigenvalue weighted by atomic mass is 32.1. The van der Waals surface area contributed by atoms with Crippen molar-refractivity contribution in [3.63, 3.8) is 0 Å². The van der Waals surface area contributed by atoms with Crippen molar-refractivity contribution in [1.82, 2.24) is 14.8 Å². The summed E-state index contributed by atoms with van der Waals surface area (Å²) in [4.78, 5) is 29.4. The summed E-state index contributed by atoms with van der Waals surface area (Å²) in [6, 6.07) is 23.9. The van der Waals surface area contributed by atoms with Gasteiger partial charge in [0.2, 0.25) is 11.0 Å². The fraction of sp³-hybridized carbons (Fsp3) is 0.0741. The molecule has 0 aliphatic carbocycles. The number of azo groups is 1. The van der Waals surface area contributed by atoms with Crippen LogP contribution < -0.4 is 15.6 Å². The molecule has 1 amide bonds. The maximum atomic E-state index is 13.5. The molecule has 0 spiro atoms. The van der Waals surface area contributed by atoms with Gasteiger partial charge in [-0.25, -0.2) is 4.98 Å². The normalized spacial score (nSPS) is 11.1. The van der Waals surface area contributed by atoms with Gasteiger partial charge in [0.1, 0.15) is 5.75 Å². The largest absolute Gasteiger partial charge is 0.497 e. The van der Waals surface area contributed by atoms with Crippen molar-refractivity contribution in [2.45, 2.75) is 6.92 Å². The highest BCUT2D eigenvalue weighted by molar-refractivity contribution is 7.12. The number of methoxy groups -OCH3 is 1. The topological polar surface area (TPSA) is 114 Å². The summed E-state index contributed by atoms with van der Waals surface area (Å²) in [5.41, 5.74) is 3.96. The molecule has 0 unspecified atom stereocenters. The van der Waals surface area contributed by atoms with Crippen LogP contribution in [0.1, 0.15) is 6.92 Å². The number of amides is 1. The molecule has 5 rings (SSSR count). The summed E-state index contributed by atoms with van der Waals surface area (Å²) in [6.45, 7) is 1.44. The first-order valence-corrected chi connectivity index (χ1v) is 12.2. The predicted molar refractivity (Wildman–Crippen MR) is 144 cm³/mol. The smallest absolute Gasteiger partial charge is 0.301 e. The van der Waals surface area contributed by atoms with Crippen LogP contribution in [-0.2, 0) is 4.79 Å². The van der Waals surface area contributed by atoms with Crippen molar-refractivity contribution in [2.24, 2.45) is 10.2 Å². The van der Waals surface area contributed by atoms with Gasteiger partial charge in [-0.05, 0) is 48.5 Å². The van der Waals surface area contributed by atoms with Crippen LogP contribution in [0.15, 0.2) is 99.3 Å². The van der Waals surface area contributed by atoms with E-state index in [2.05, 4.69) is 25.6 Å². The zero-order chi connectivity index (χ0) is 25.8. The third-order valence-electron chi connectivity index (χ3n) is 5.45. The Hall–Kier alpha value is -4.83. The molecule has 10 heteroatoms. The monoisotopic (exact) mass is 510 g/mol. The lowest BCUT2D eigenvalue weighted by Gasteiger charge is -2.01. The molecule has 0 radical (unpaired) electrons. The Bertz CT molecular complexity index is 1620. The maximum Gasteiger partial charge on any atom is 0.301 e. The Morgan fingerprint density at radius 2 is 1.70 bits per heavy atom. The van der Waals surface area contributed by atoms with Crippen LogP contribution in [0.2, 0.25) is 0 Å². The molecule has 3 aromatic carbocycles. The van der Waals surface area contributed by atoms with Gasteiger partial charge in [-0.15, -0.1) is 16.5 Å². The fourth-order valence-electron chi connectivity index (χ4n) is 3.65. The van der Waals surface area contributed by atoms with Crippen LogP contribution >= 0.6 is 11.3 Å². The van der Waals surface area contributed by atoms with Gasteiger partial charge >= 0.3 is 5.56 Å². The number of benzene rings is 3. The Morgan fingerprint density at radius 3 is 2.38 bits per heavy atom. The number of nitrogens with zero attached hydrogens (tertiary/aromatic N) is 4. The van der Waals surface area contributed by atoms with E-state index in [1.54, 1.807) is 31.4 Å². The van der Waals surface area contributed by atoms with Crippen molar-refractivity contribution >= 4 is 34.3 Å². The number of nitrogens with one attached hydrogen (secondary N) is 2. The first-order chi connectivity index (χ1) is 18.0. The fourth-order valence-corrected chi connectivity index (χ4v) is 4.44. The number of thiazole rings is 1. The minimum Gasteiger partial charge on any atom is -0.497 e. The average Bonchev–Trinajstić information content (AvgIpc) is 3.53. The van der Waals surface area contributed by atoms with E-state index < -0.39 is 0 Å². The molecule has 9 nitrogen and oxygen atoms in total. The molecule has 0 atom stereocenters. The van der Waals surface area contributed by atoms with Gasteiger partial charge < -0.3 is 10.1 Å². The van der Waals surface area contributed by atoms with Gasteiger partial charge in [-0.1, -0.05) is 30.3 Å². The third-order valence-corrected chi connectivity index (χ3v) is 6.28. The average molecular weight is 511 g/mol. The number of hydrogen-bond donors (Lipinski definition) is 2. The molecular weight excluding hydrogens is 488 g/mol. The van der Waals surface area contributed by atoms with E-state index in [4.69, 9.17) is 4.74 Å². The zero-order valence-corrected chi connectivity index (χ0v) is 20.8. The Labute approximate surface area is 216 Å². The van der Waals surface area contributed by atoms with Gasteiger partial charge in [-0.2, -0.15) is 9.80 Å². The number of ether oxygens (including phenoxy) is 1. The molecule has 0 aliphatic heterocycles. The van der Waals surface area contributed by atoms with Crippen LogP contribution in [0.3, 0.4) is 0 Å². The van der Waals surface area contributed by atoms with Crippen LogP contribution in [0.25, 0.3) is 27.6 Å². The summed E-state index contributed by atoms with van der Waals surface area (Å²) < 4.78 is 6.61. The first kappa shape index (κ1) is 23.9. The minimum atomic E-state index is -0.367. The van der Waals surface area contributed by atoms with Gasteiger partial charge in [0.05, 0.1) is 24.2 Å². The predicted octanol–water partition coefficient (Wildman–Crippen LogP) is 6.34. The number of anilines is 1. The minimum absolute atomic E-state index is 0.160. The number of carbonyl (C=O) groups is 1. The van der Waals surface area contributed by atoms with Gasteiger partial charge in [0.15, 0.2) is 5.69 Å². The number of rotatable bonds is 7. The Morgan fingerprint density at radius 1 is 0.973 bits per heavy atom. The maximum absolute atomic E-state index is 13.5. The molecule has 5 aromatic rings. The lowest BCUT2D eigenvalue weighted by molar-refractivity contribution is -0.114. The number of aromatic nitrogens is 3. The lowest BCUT2D eigenvalue weighted by Crippen LogP contribution is -2.13.